The van der Waals surface area contributed by atoms with Crippen LogP contribution in [0.3, 0.4) is 0 Å². The van der Waals surface area contributed by atoms with E-state index in [2.05, 4.69) is 21.8 Å². The van der Waals surface area contributed by atoms with E-state index in [-0.39, 0.29) is 11.7 Å². The maximum Gasteiger partial charge on any atom is 0.247 e. The van der Waals surface area contributed by atoms with Crippen LogP contribution in [0.5, 0.6) is 0 Å². The second kappa shape index (κ2) is 10.8. The third kappa shape index (κ3) is 5.83. The van der Waals surface area contributed by atoms with Crippen molar-refractivity contribution in [2.75, 3.05) is 38.2 Å². The molecule has 4 rings (SSSR count). The Bertz CT molecular complexity index is 1180. The summed E-state index contributed by atoms with van der Waals surface area (Å²) in [6, 6.07) is 15.1. The summed E-state index contributed by atoms with van der Waals surface area (Å²) >= 11 is 0. The summed E-state index contributed by atoms with van der Waals surface area (Å²) in [5.41, 5.74) is 3.23. The van der Waals surface area contributed by atoms with Crippen LogP contribution in [0.25, 0.3) is 17.1 Å². The maximum atomic E-state index is 13.1. The van der Waals surface area contributed by atoms with Crippen LogP contribution in [0.15, 0.2) is 67.3 Å². The van der Waals surface area contributed by atoms with Gasteiger partial charge in [-0.25, -0.2) is 4.98 Å². The fraction of sp³-hybridized carbons (Fsp3) is 0.269. The van der Waals surface area contributed by atoms with E-state index in [1.807, 2.05) is 41.0 Å². The number of nitrogens with zero attached hydrogens (tertiary/aromatic N) is 3. The summed E-state index contributed by atoms with van der Waals surface area (Å²) in [5, 5.41) is 2.72. The number of carbonyl (C=O) groups is 2. The Labute approximate surface area is 193 Å². The fourth-order valence-electron chi connectivity index (χ4n) is 3.93. The highest BCUT2D eigenvalue weighted by molar-refractivity contribution is 6.06. The minimum absolute atomic E-state index is 0.155. The van der Waals surface area contributed by atoms with Gasteiger partial charge >= 0.3 is 0 Å². The number of nitrogens with one attached hydrogen (secondary N) is 1. The van der Waals surface area contributed by atoms with E-state index in [0.29, 0.717) is 11.5 Å². The quantitative estimate of drug-likeness (QED) is 0.402. The second-order valence-electron chi connectivity index (χ2n) is 7.90. The molecule has 0 spiro atoms. The van der Waals surface area contributed by atoms with Crippen molar-refractivity contribution in [3.05, 3.63) is 78.6 Å². The first-order valence-electron chi connectivity index (χ1n) is 11.2. The molecule has 0 unspecified atom stereocenters. The first-order valence-corrected chi connectivity index (χ1v) is 11.2. The topological polar surface area (TPSA) is 76.5 Å². The Morgan fingerprint density at radius 1 is 1.09 bits per heavy atom. The van der Waals surface area contributed by atoms with Gasteiger partial charge in [-0.1, -0.05) is 36.9 Å². The summed E-state index contributed by atoms with van der Waals surface area (Å²) in [6.07, 6.45) is 5.42. The molecule has 1 N–H and O–H groups in total. The zero-order chi connectivity index (χ0) is 23.0. The molecule has 0 bridgehead atoms. The Morgan fingerprint density at radius 2 is 1.91 bits per heavy atom. The largest absolute Gasteiger partial charge is 0.379 e. The highest BCUT2D eigenvalue weighted by Crippen LogP contribution is 2.19. The minimum atomic E-state index is -0.280. The number of ether oxygens (including phenoxy) is 1. The first-order chi connectivity index (χ1) is 16.1. The van der Waals surface area contributed by atoms with Crippen LogP contribution in [0.1, 0.15) is 22.6 Å². The van der Waals surface area contributed by atoms with Gasteiger partial charge in [-0.2, -0.15) is 0 Å². The van der Waals surface area contributed by atoms with Crippen LogP contribution >= 0.6 is 0 Å². The Kier molecular flexibility index (Phi) is 7.44. The predicted molar refractivity (Wildman–Crippen MR) is 130 cm³/mol. The zero-order valence-corrected chi connectivity index (χ0v) is 18.6. The molecule has 0 saturated carbocycles. The van der Waals surface area contributed by atoms with Gasteiger partial charge in [-0.3, -0.25) is 14.5 Å². The van der Waals surface area contributed by atoms with E-state index in [4.69, 9.17) is 4.74 Å². The number of benzene rings is 2. The van der Waals surface area contributed by atoms with Crippen molar-refractivity contribution < 1.29 is 14.3 Å². The van der Waals surface area contributed by atoms with Crippen LogP contribution in [0, 0.1) is 0 Å². The monoisotopic (exact) mass is 444 g/mol. The molecule has 7 nitrogen and oxygen atoms in total. The lowest BCUT2D eigenvalue weighted by atomic mass is 10.1. The lowest BCUT2D eigenvalue weighted by Crippen LogP contribution is -2.37. The van der Waals surface area contributed by atoms with Crippen molar-refractivity contribution in [1.82, 2.24) is 14.5 Å². The number of aryl methyl sites for hydroxylation is 1. The third-order valence-electron chi connectivity index (χ3n) is 5.60. The van der Waals surface area contributed by atoms with Crippen LogP contribution in [-0.4, -0.2) is 59.0 Å². The number of ketones is 1. The molecule has 1 saturated heterocycles. The molecule has 3 aromatic rings. The molecule has 0 aliphatic carbocycles. The second-order valence-corrected chi connectivity index (χ2v) is 7.90. The number of imidazole rings is 1. The molecule has 1 aliphatic heterocycles. The van der Waals surface area contributed by atoms with E-state index in [1.54, 1.807) is 18.2 Å². The zero-order valence-electron chi connectivity index (χ0n) is 18.6. The molecule has 1 fully saturated rings. The van der Waals surface area contributed by atoms with Crippen molar-refractivity contribution in [2.45, 2.75) is 13.0 Å². The van der Waals surface area contributed by atoms with Gasteiger partial charge in [0.05, 0.1) is 24.2 Å². The van der Waals surface area contributed by atoms with E-state index in [1.165, 1.54) is 12.2 Å². The smallest absolute Gasteiger partial charge is 0.247 e. The first kappa shape index (κ1) is 22.6. The predicted octanol–water partition coefficient (Wildman–Crippen LogP) is 3.78. The van der Waals surface area contributed by atoms with E-state index in [9.17, 15) is 9.59 Å². The Balaban J connectivity index is 1.50. The van der Waals surface area contributed by atoms with Crippen molar-refractivity contribution in [3.63, 3.8) is 0 Å². The minimum Gasteiger partial charge on any atom is -0.379 e. The number of hydrogen-bond donors (Lipinski definition) is 1. The molecule has 1 amide bonds. The number of carbonyl (C=O) groups excluding carboxylic acids is 2. The van der Waals surface area contributed by atoms with Gasteiger partial charge in [0.15, 0.2) is 5.82 Å². The van der Waals surface area contributed by atoms with Gasteiger partial charge in [-0.05, 0) is 48.4 Å². The van der Waals surface area contributed by atoms with Gasteiger partial charge in [0.2, 0.25) is 11.7 Å². The molecular formula is C26H28N4O3. The summed E-state index contributed by atoms with van der Waals surface area (Å²) in [5.74, 6) is 0.00153. The number of morpholine rings is 1. The van der Waals surface area contributed by atoms with Crippen molar-refractivity contribution >= 4 is 34.5 Å². The van der Waals surface area contributed by atoms with E-state index in [0.717, 1.165) is 62.4 Å². The van der Waals surface area contributed by atoms with Crippen molar-refractivity contribution in [2.24, 2.45) is 0 Å². The fourth-order valence-corrected chi connectivity index (χ4v) is 3.93. The summed E-state index contributed by atoms with van der Waals surface area (Å²) in [7, 11) is 0. The number of hydrogen-bond acceptors (Lipinski definition) is 5. The van der Waals surface area contributed by atoms with Crippen LogP contribution in [-0.2, 0) is 16.1 Å². The molecule has 33 heavy (non-hydrogen) atoms. The number of amides is 1. The number of anilines is 1. The van der Waals surface area contributed by atoms with Gasteiger partial charge < -0.3 is 14.6 Å². The molecule has 170 valence electrons. The lowest BCUT2D eigenvalue weighted by molar-refractivity contribution is -0.111. The van der Waals surface area contributed by atoms with Gasteiger partial charge in [0.1, 0.15) is 0 Å². The van der Waals surface area contributed by atoms with Crippen LogP contribution < -0.4 is 5.32 Å². The average molecular weight is 445 g/mol. The molecule has 1 aromatic heterocycles. The summed E-state index contributed by atoms with van der Waals surface area (Å²) in [6.45, 7) is 8.59. The number of rotatable bonds is 9. The number of para-hydroxylation sites is 2. The van der Waals surface area contributed by atoms with Gasteiger partial charge in [0.25, 0.3) is 0 Å². The number of fused-ring (bicyclic) bond motifs is 1. The normalized spacial score (nSPS) is 14.5. The highest BCUT2D eigenvalue weighted by atomic mass is 16.5. The Morgan fingerprint density at radius 3 is 2.73 bits per heavy atom. The maximum absolute atomic E-state index is 13.1. The molecule has 0 atom stereocenters. The van der Waals surface area contributed by atoms with E-state index >= 15 is 0 Å². The SMILES string of the molecule is C=CC(=O)Nc1cccc(/C=C/C(=O)c2nc3ccccc3n2CCCN2CCOCC2)c1. The number of aromatic nitrogens is 2. The molecule has 2 heterocycles. The van der Waals surface area contributed by atoms with Crippen molar-refractivity contribution in [1.29, 1.82) is 0 Å². The van der Waals surface area contributed by atoms with Gasteiger partial charge in [0, 0.05) is 31.9 Å². The van der Waals surface area contributed by atoms with Crippen LogP contribution in [0.4, 0.5) is 5.69 Å². The average Bonchev–Trinajstić information content (AvgIpc) is 3.22. The highest BCUT2D eigenvalue weighted by Gasteiger charge is 2.16. The van der Waals surface area contributed by atoms with Crippen molar-refractivity contribution in [3.8, 4) is 0 Å². The Hall–Kier alpha value is -3.55. The van der Waals surface area contributed by atoms with Gasteiger partial charge in [-0.15, -0.1) is 0 Å². The summed E-state index contributed by atoms with van der Waals surface area (Å²) < 4.78 is 7.44. The number of allylic oxidation sites excluding steroid dienone is 1. The molecule has 7 heteroatoms. The third-order valence-corrected chi connectivity index (χ3v) is 5.60. The summed E-state index contributed by atoms with van der Waals surface area (Å²) in [4.78, 5) is 31.6. The lowest BCUT2D eigenvalue weighted by Gasteiger charge is -2.26. The molecular weight excluding hydrogens is 416 g/mol. The molecule has 1 aliphatic rings. The standard InChI is InChI=1S/C26H28N4O3/c1-2-25(32)27-21-8-5-7-20(19-21)11-12-24(31)26-28-22-9-3-4-10-23(22)30(26)14-6-13-29-15-17-33-18-16-29/h2-5,7-12,19H,1,6,13-18H2,(H,27,32)/b12-11+. The van der Waals surface area contributed by atoms with E-state index < -0.39 is 0 Å². The molecule has 0 radical (unpaired) electrons. The molecule has 2 aromatic carbocycles. The van der Waals surface area contributed by atoms with Crippen LogP contribution in [0.2, 0.25) is 0 Å².